The minimum absolute atomic E-state index is 1.18. The summed E-state index contributed by atoms with van der Waals surface area (Å²) in [5, 5.41) is 0. The Balaban J connectivity index is 4.02. The van der Waals surface area contributed by atoms with Crippen molar-refractivity contribution in [3.05, 3.63) is 24.6 Å². The molecular formula is C24H47N. The Labute approximate surface area is 160 Å². The maximum absolute atomic E-state index is 2.43. The molecule has 0 radical (unpaired) electrons. The molecule has 0 rings (SSSR count). The van der Waals surface area contributed by atoms with Gasteiger partial charge in [0.2, 0.25) is 0 Å². The van der Waals surface area contributed by atoms with Crippen molar-refractivity contribution in [3.63, 3.8) is 0 Å². The zero-order valence-electron chi connectivity index (χ0n) is 17.8. The van der Waals surface area contributed by atoms with E-state index in [1.165, 1.54) is 109 Å². The molecule has 0 saturated carbocycles. The lowest BCUT2D eigenvalue weighted by Crippen LogP contribution is -2.11. The monoisotopic (exact) mass is 349 g/mol. The molecule has 0 aliphatic heterocycles. The third kappa shape index (κ3) is 19.5. The quantitative estimate of drug-likeness (QED) is 0.211. The van der Waals surface area contributed by atoms with Crippen molar-refractivity contribution in [1.29, 1.82) is 0 Å². The van der Waals surface area contributed by atoms with E-state index >= 15 is 0 Å². The molecule has 25 heavy (non-hydrogen) atoms. The van der Waals surface area contributed by atoms with Crippen molar-refractivity contribution in [2.75, 3.05) is 6.54 Å². The van der Waals surface area contributed by atoms with E-state index in [1.54, 1.807) is 0 Å². The lowest BCUT2D eigenvalue weighted by Gasteiger charge is -2.15. The average Bonchev–Trinajstić information content (AvgIpc) is 2.63. The van der Waals surface area contributed by atoms with Crippen molar-refractivity contribution < 1.29 is 0 Å². The molecule has 148 valence electrons. The summed E-state index contributed by atoms with van der Waals surface area (Å²) in [6.07, 6.45) is 31.0. The molecule has 0 aromatic heterocycles. The molecule has 0 saturated heterocycles. The fraction of sp³-hybridized carbons (Fsp3) is 0.833. The maximum Gasteiger partial charge on any atom is 0.0219 e. The summed E-state index contributed by atoms with van der Waals surface area (Å²) in [5.41, 5.74) is 0. The van der Waals surface area contributed by atoms with Crippen LogP contribution in [-0.4, -0.2) is 11.4 Å². The molecule has 1 nitrogen and oxygen atoms in total. The highest BCUT2D eigenvalue weighted by molar-refractivity contribution is 4.92. The van der Waals surface area contributed by atoms with Gasteiger partial charge in [0.25, 0.3) is 0 Å². The third-order valence-electron chi connectivity index (χ3n) is 4.81. The fourth-order valence-corrected chi connectivity index (χ4v) is 3.07. The van der Waals surface area contributed by atoms with Crippen LogP contribution >= 0.6 is 0 Å². The number of rotatable bonds is 19. The molecule has 0 unspecified atom stereocenters. The lowest BCUT2D eigenvalue weighted by atomic mass is 10.1. The molecule has 0 fully saturated rings. The van der Waals surface area contributed by atoms with Gasteiger partial charge in [-0.2, -0.15) is 0 Å². The first-order valence-electron chi connectivity index (χ1n) is 11.4. The van der Waals surface area contributed by atoms with Gasteiger partial charge in [-0.25, -0.2) is 0 Å². The van der Waals surface area contributed by atoms with Gasteiger partial charge in [-0.05, 0) is 44.5 Å². The van der Waals surface area contributed by atoms with Gasteiger partial charge >= 0.3 is 0 Å². The minimum atomic E-state index is 1.18. The molecule has 0 spiro atoms. The van der Waals surface area contributed by atoms with Crippen molar-refractivity contribution in [2.45, 2.75) is 124 Å². The second-order valence-corrected chi connectivity index (χ2v) is 7.47. The van der Waals surface area contributed by atoms with Gasteiger partial charge in [-0.1, -0.05) is 104 Å². The van der Waals surface area contributed by atoms with Gasteiger partial charge in [0.15, 0.2) is 0 Å². The first-order valence-corrected chi connectivity index (χ1v) is 11.4. The number of hydrogen-bond donors (Lipinski definition) is 0. The molecule has 0 amide bonds. The molecule has 0 aliphatic carbocycles. The van der Waals surface area contributed by atoms with Crippen LogP contribution < -0.4 is 0 Å². The van der Waals surface area contributed by atoms with E-state index in [9.17, 15) is 0 Å². The molecule has 0 bridgehead atoms. The summed E-state index contributed by atoms with van der Waals surface area (Å²) in [6.45, 7) is 8.04. The normalized spacial score (nSPS) is 11.8. The van der Waals surface area contributed by atoms with E-state index in [4.69, 9.17) is 0 Å². The molecule has 0 aromatic rings. The predicted molar refractivity (Wildman–Crippen MR) is 116 cm³/mol. The fourth-order valence-electron chi connectivity index (χ4n) is 3.07. The van der Waals surface area contributed by atoms with Crippen LogP contribution in [0.4, 0.5) is 0 Å². The van der Waals surface area contributed by atoms with Crippen LogP contribution in [0.3, 0.4) is 0 Å². The number of nitrogens with zero attached hydrogens (tertiary/aromatic N) is 1. The summed E-state index contributed by atoms with van der Waals surface area (Å²) >= 11 is 0. The summed E-state index contributed by atoms with van der Waals surface area (Å²) < 4.78 is 0. The SMILES string of the molecule is CCCCCC/C=C/N(/C=C/CCCCCC)CCCCCCCC. The molecule has 0 atom stereocenters. The predicted octanol–water partition coefficient (Wildman–Crippen LogP) is 8.62. The van der Waals surface area contributed by atoms with E-state index in [0.717, 1.165) is 0 Å². The largest absolute Gasteiger partial charge is 0.355 e. The average molecular weight is 350 g/mol. The Morgan fingerprint density at radius 1 is 0.480 bits per heavy atom. The third-order valence-corrected chi connectivity index (χ3v) is 4.81. The molecule has 0 aliphatic rings. The second kappa shape index (κ2) is 21.3. The Morgan fingerprint density at radius 3 is 1.36 bits per heavy atom. The highest BCUT2D eigenvalue weighted by Gasteiger charge is 1.96. The Morgan fingerprint density at radius 2 is 0.880 bits per heavy atom. The van der Waals surface area contributed by atoms with Crippen LogP contribution in [0.25, 0.3) is 0 Å². The van der Waals surface area contributed by atoms with Crippen molar-refractivity contribution in [2.24, 2.45) is 0 Å². The first-order chi connectivity index (χ1) is 12.3. The molecule has 0 aromatic carbocycles. The van der Waals surface area contributed by atoms with Gasteiger partial charge in [0, 0.05) is 6.54 Å². The van der Waals surface area contributed by atoms with Gasteiger partial charge in [-0.15, -0.1) is 0 Å². The standard InChI is InChI=1S/C24H47N/c1-4-7-10-13-16-19-22-25(23-20-17-14-11-8-5-2)24-21-18-15-12-9-6-3/h19-20,22-23H,4-18,21,24H2,1-3H3/b22-19+,23-20+. The Bertz CT molecular complexity index is 270. The zero-order valence-corrected chi connectivity index (χ0v) is 17.8. The zero-order chi connectivity index (χ0) is 18.4. The van der Waals surface area contributed by atoms with Crippen LogP contribution in [0, 0.1) is 0 Å². The van der Waals surface area contributed by atoms with E-state index in [-0.39, 0.29) is 0 Å². The number of hydrogen-bond acceptors (Lipinski definition) is 1. The summed E-state index contributed by atoms with van der Waals surface area (Å²) in [5.74, 6) is 0. The van der Waals surface area contributed by atoms with Crippen LogP contribution in [0.5, 0.6) is 0 Å². The highest BCUT2D eigenvalue weighted by atomic mass is 15.1. The van der Waals surface area contributed by atoms with E-state index in [2.05, 4.69) is 50.2 Å². The highest BCUT2D eigenvalue weighted by Crippen LogP contribution is 2.09. The molecule has 0 N–H and O–H groups in total. The van der Waals surface area contributed by atoms with Crippen molar-refractivity contribution >= 4 is 0 Å². The Hall–Kier alpha value is -0.720. The minimum Gasteiger partial charge on any atom is -0.355 e. The molecule has 0 heterocycles. The van der Waals surface area contributed by atoms with Crippen LogP contribution in [0.15, 0.2) is 24.6 Å². The van der Waals surface area contributed by atoms with E-state index in [0.29, 0.717) is 0 Å². The number of unbranched alkanes of at least 4 members (excludes halogenated alkanes) is 13. The maximum atomic E-state index is 2.43. The smallest absolute Gasteiger partial charge is 0.0219 e. The summed E-state index contributed by atoms with van der Waals surface area (Å²) in [6, 6.07) is 0. The van der Waals surface area contributed by atoms with Gasteiger partial charge < -0.3 is 4.90 Å². The van der Waals surface area contributed by atoms with Gasteiger partial charge in [0.05, 0.1) is 0 Å². The molecule has 1 heteroatoms. The van der Waals surface area contributed by atoms with E-state index in [1.807, 2.05) is 0 Å². The van der Waals surface area contributed by atoms with Gasteiger partial charge in [0.1, 0.15) is 0 Å². The molecular weight excluding hydrogens is 302 g/mol. The van der Waals surface area contributed by atoms with Crippen molar-refractivity contribution in [3.8, 4) is 0 Å². The van der Waals surface area contributed by atoms with Crippen molar-refractivity contribution in [1.82, 2.24) is 4.90 Å². The van der Waals surface area contributed by atoms with Crippen LogP contribution in [0.1, 0.15) is 124 Å². The van der Waals surface area contributed by atoms with E-state index < -0.39 is 0 Å². The second-order valence-electron chi connectivity index (χ2n) is 7.47. The van der Waals surface area contributed by atoms with Crippen LogP contribution in [0.2, 0.25) is 0 Å². The van der Waals surface area contributed by atoms with Gasteiger partial charge in [-0.3, -0.25) is 0 Å². The van der Waals surface area contributed by atoms with Crippen LogP contribution in [-0.2, 0) is 0 Å². The lowest BCUT2D eigenvalue weighted by molar-refractivity contribution is 0.463. The Kier molecular flexibility index (Phi) is 20.7. The summed E-state index contributed by atoms with van der Waals surface area (Å²) in [7, 11) is 0. The summed E-state index contributed by atoms with van der Waals surface area (Å²) in [4.78, 5) is 2.43. The first kappa shape index (κ1) is 24.3. The number of allylic oxidation sites excluding steroid dienone is 2. The topological polar surface area (TPSA) is 3.24 Å².